The molecule has 2 fully saturated rings. The molecule has 0 spiro atoms. The van der Waals surface area contributed by atoms with Crippen molar-refractivity contribution in [2.75, 3.05) is 13.1 Å². The summed E-state index contributed by atoms with van der Waals surface area (Å²) < 4.78 is 11.4. The van der Waals surface area contributed by atoms with Gasteiger partial charge in [0.05, 0.1) is 34.2 Å². The number of likely N-dealkylation sites (tertiary alicyclic amines) is 2. The molecule has 2 unspecified atom stereocenters. The Kier molecular flexibility index (Phi) is 10.4. The average Bonchev–Trinajstić information content (AvgIpc) is 3.85. The second-order valence-electron chi connectivity index (χ2n) is 13.8. The molecule has 2 atom stereocenters. The maximum absolute atomic E-state index is 13.1. The van der Waals surface area contributed by atoms with Gasteiger partial charge >= 0.3 is 12.2 Å². The normalized spacial score (nSPS) is 17.4. The molecule has 10 nitrogen and oxygen atoms in total. The van der Waals surface area contributed by atoms with Crippen LogP contribution in [0.15, 0.2) is 103 Å². The van der Waals surface area contributed by atoms with Crippen LogP contribution in [0.3, 0.4) is 0 Å². The van der Waals surface area contributed by atoms with E-state index in [4.69, 9.17) is 19.4 Å². The van der Waals surface area contributed by atoms with Gasteiger partial charge in [0, 0.05) is 18.7 Å². The zero-order chi connectivity index (χ0) is 36.7. The zero-order valence-corrected chi connectivity index (χ0v) is 30.0. The SMILES string of the molecule is O=C(OCc1ccccc1)N1CCCCC1c1nc2cc(C#CC=Cc3ccc4[nH]c(C5CCCCN5C(=O)OCc5ccccc5)nc4c3)ccc2[nH]1. The molecule has 0 bridgehead atoms. The van der Waals surface area contributed by atoms with Crippen LogP contribution in [-0.4, -0.2) is 55.0 Å². The van der Waals surface area contributed by atoms with E-state index in [9.17, 15) is 9.59 Å². The molecule has 2 aliphatic rings. The standard InChI is InChI=1S/C44H42N6O4/c51-43(53-29-33-15-3-1-4-16-33)49-25-11-9-19-39(49)41-45-35-23-21-31(27-37(35)47-41)13-7-8-14-32-22-24-36-38(28-32)48-42(46-36)40-20-10-12-26-50(40)44(52)54-30-34-17-5-2-6-18-34/h1-7,13,15-18,21-24,27-28,39-40H,9-12,19-20,25-26,29-30H2,(H,45,47)(H,46,48). The van der Waals surface area contributed by atoms with Crippen LogP contribution >= 0.6 is 0 Å². The Morgan fingerprint density at radius 3 is 1.80 bits per heavy atom. The van der Waals surface area contributed by atoms with Crippen LogP contribution in [0.1, 0.15) is 84.5 Å². The number of H-pyrrole nitrogens is 2. The summed E-state index contributed by atoms with van der Waals surface area (Å²) in [6.45, 7) is 1.76. The summed E-state index contributed by atoms with van der Waals surface area (Å²) in [6.07, 6.45) is 8.75. The number of aromatic nitrogens is 4. The highest BCUT2D eigenvalue weighted by Crippen LogP contribution is 2.33. The minimum atomic E-state index is -0.318. The maximum atomic E-state index is 13.1. The van der Waals surface area contributed by atoms with Crippen molar-refractivity contribution >= 4 is 40.3 Å². The largest absolute Gasteiger partial charge is 0.445 e. The van der Waals surface area contributed by atoms with E-state index in [1.807, 2.05) is 109 Å². The molecule has 2 N–H and O–H groups in total. The number of carbonyl (C=O) groups is 2. The Morgan fingerprint density at radius 2 is 1.22 bits per heavy atom. The molecule has 6 aromatic rings. The molecule has 2 saturated heterocycles. The molecule has 2 amide bonds. The number of piperidine rings is 2. The van der Waals surface area contributed by atoms with E-state index in [1.54, 1.807) is 9.80 Å². The Hall–Kier alpha value is -6.34. The first-order valence-electron chi connectivity index (χ1n) is 18.7. The van der Waals surface area contributed by atoms with Gasteiger partial charge < -0.3 is 19.4 Å². The number of amides is 2. The number of hydrogen-bond acceptors (Lipinski definition) is 6. The lowest BCUT2D eigenvalue weighted by molar-refractivity contribution is 0.0655. The lowest BCUT2D eigenvalue weighted by atomic mass is 10.0. The fourth-order valence-electron chi connectivity index (χ4n) is 7.30. The fourth-order valence-corrected chi connectivity index (χ4v) is 7.30. The van der Waals surface area contributed by atoms with Gasteiger partial charge in [0.2, 0.25) is 0 Å². The summed E-state index contributed by atoms with van der Waals surface area (Å²) in [5.41, 5.74) is 7.22. The summed E-state index contributed by atoms with van der Waals surface area (Å²) in [5.74, 6) is 7.93. The highest BCUT2D eigenvalue weighted by atomic mass is 16.6. The van der Waals surface area contributed by atoms with Crippen molar-refractivity contribution in [2.24, 2.45) is 0 Å². The van der Waals surface area contributed by atoms with Crippen LogP contribution in [0.4, 0.5) is 9.59 Å². The zero-order valence-electron chi connectivity index (χ0n) is 30.0. The number of allylic oxidation sites excluding steroid dienone is 1. The molecule has 4 aromatic carbocycles. The predicted octanol–water partition coefficient (Wildman–Crippen LogP) is 9.23. The topological polar surface area (TPSA) is 116 Å². The number of rotatable bonds is 7. The Bertz CT molecular complexity index is 2340. The van der Waals surface area contributed by atoms with E-state index < -0.39 is 0 Å². The van der Waals surface area contributed by atoms with Gasteiger partial charge in [-0.05, 0) is 97.7 Å². The lowest BCUT2D eigenvalue weighted by Gasteiger charge is -2.33. The van der Waals surface area contributed by atoms with Crippen molar-refractivity contribution in [3.63, 3.8) is 0 Å². The van der Waals surface area contributed by atoms with Crippen LogP contribution in [0.25, 0.3) is 28.1 Å². The number of benzene rings is 4. The van der Waals surface area contributed by atoms with Crippen molar-refractivity contribution in [3.8, 4) is 11.8 Å². The second-order valence-corrected chi connectivity index (χ2v) is 13.8. The van der Waals surface area contributed by atoms with E-state index in [0.29, 0.717) is 13.1 Å². The minimum Gasteiger partial charge on any atom is -0.445 e. The first-order chi connectivity index (χ1) is 26.6. The Morgan fingerprint density at radius 1 is 0.685 bits per heavy atom. The van der Waals surface area contributed by atoms with Gasteiger partial charge in [-0.1, -0.05) is 78.6 Å². The van der Waals surface area contributed by atoms with Crippen LogP contribution in [0, 0.1) is 11.8 Å². The maximum Gasteiger partial charge on any atom is 0.410 e. The third-order valence-electron chi connectivity index (χ3n) is 10.1. The van der Waals surface area contributed by atoms with Crippen molar-refractivity contribution in [3.05, 3.63) is 137 Å². The highest BCUT2D eigenvalue weighted by molar-refractivity contribution is 5.79. The summed E-state index contributed by atoms with van der Waals surface area (Å²) >= 11 is 0. The molecule has 2 aromatic heterocycles. The first kappa shape index (κ1) is 34.7. The minimum absolute atomic E-state index is 0.162. The summed E-state index contributed by atoms with van der Waals surface area (Å²) in [5, 5.41) is 0. The molecular formula is C44H42N6O4. The van der Waals surface area contributed by atoms with Gasteiger partial charge in [-0.3, -0.25) is 9.80 Å². The van der Waals surface area contributed by atoms with Gasteiger partial charge in [-0.2, -0.15) is 0 Å². The van der Waals surface area contributed by atoms with Crippen LogP contribution in [0.5, 0.6) is 0 Å². The summed E-state index contributed by atoms with van der Waals surface area (Å²) in [7, 11) is 0. The fraction of sp³-hybridized carbons (Fsp3) is 0.273. The molecule has 0 radical (unpaired) electrons. The number of hydrogen-bond donors (Lipinski definition) is 2. The average molecular weight is 719 g/mol. The van der Waals surface area contributed by atoms with E-state index in [1.165, 1.54) is 0 Å². The molecule has 10 heteroatoms. The van der Waals surface area contributed by atoms with Crippen LogP contribution in [-0.2, 0) is 22.7 Å². The van der Waals surface area contributed by atoms with Crippen LogP contribution < -0.4 is 0 Å². The number of aromatic amines is 2. The number of ether oxygens (including phenoxy) is 2. The van der Waals surface area contributed by atoms with E-state index >= 15 is 0 Å². The molecule has 272 valence electrons. The van der Waals surface area contributed by atoms with Gasteiger partial charge in [0.25, 0.3) is 0 Å². The van der Waals surface area contributed by atoms with Gasteiger partial charge in [-0.15, -0.1) is 0 Å². The smallest absolute Gasteiger partial charge is 0.410 e. The van der Waals surface area contributed by atoms with Gasteiger partial charge in [-0.25, -0.2) is 19.6 Å². The van der Waals surface area contributed by atoms with Gasteiger partial charge in [0.1, 0.15) is 24.9 Å². The molecule has 54 heavy (non-hydrogen) atoms. The van der Waals surface area contributed by atoms with Crippen molar-refractivity contribution < 1.29 is 19.1 Å². The number of nitrogens with zero attached hydrogens (tertiary/aromatic N) is 4. The lowest BCUT2D eigenvalue weighted by Crippen LogP contribution is -2.39. The van der Waals surface area contributed by atoms with Gasteiger partial charge in [0.15, 0.2) is 0 Å². The number of fused-ring (bicyclic) bond motifs is 2. The predicted molar refractivity (Wildman–Crippen MR) is 208 cm³/mol. The third-order valence-corrected chi connectivity index (χ3v) is 10.1. The Labute approximate surface area is 314 Å². The van der Waals surface area contributed by atoms with Crippen LogP contribution in [0.2, 0.25) is 0 Å². The molecule has 0 aliphatic carbocycles. The number of carbonyl (C=O) groups excluding carboxylic acids is 2. The summed E-state index contributed by atoms with van der Waals surface area (Å²) in [6, 6.07) is 31.1. The summed E-state index contributed by atoms with van der Waals surface area (Å²) in [4.78, 5) is 46.5. The molecule has 2 aliphatic heterocycles. The first-order valence-corrected chi connectivity index (χ1v) is 18.7. The van der Waals surface area contributed by atoms with Crippen molar-refractivity contribution in [2.45, 2.75) is 63.8 Å². The van der Waals surface area contributed by atoms with E-state index in [0.717, 1.165) is 94.5 Å². The monoisotopic (exact) mass is 718 g/mol. The molecule has 0 saturated carbocycles. The second kappa shape index (κ2) is 16.1. The van der Waals surface area contributed by atoms with Crippen molar-refractivity contribution in [1.29, 1.82) is 0 Å². The number of nitrogens with one attached hydrogen (secondary N) is 2. The number of imidazole rings is 2. The third kappa shape index (κ3) is 8.01. The Balaban J connectivity index is 0.912. The molecular weight excluding hydrogens is 677 g/mol. The van der Waals surface area contributed by atoms with Crippen molar-refractivity contribution in [1.82, 2.24) is 29.7 Å². The molecule has 4 heterocycles. The quantitative estimate of drug-likeness (QED) is 0.159. The van der Waals surface area contributed by atoms with E-state index in [2.05, 4.69) is 21.8 Å². The van der Waals surface area contributed by atoms with E-state index in [-0.39, 0.29) is 37.5 Å². The molecule has 8 rings (SSSR count). The highest BCUT2D eigenvalue weighted by Gasteiger charge is 2.32.